The van der Waals surface area contributed by atoms with Gasteiger partial charge in [-0.25, -0.2) is 5.43 Å². The molecule has 130 valence electrons. The molecule has 0 bridgehead atoms. The minimum absolute atomic E-state index is 0.411. The molecule has 0 aliphatic carbocycles. The van der Waals surface area contributed by atoms with Crippen molar-refractivity contribution in [2.45, 2.75) is 0 Å². The van der Waals surface area contributed by atoms with Crippen molar-refractivity contribution in [1.29, 1.82) is 0 Å². The second kappa shape index (κ2) is 9.64. The molecule has 1 heterocycles. The molecule has 1 aromatic rings. The Labute approximate surface area is 140 Å². The number of ether oxygens (including phenoxy) is 2. The van der Waals surface area contributed by atoms with Crippen molar-refractivity contribution in [1.82, 2.24) is 15.6 Å². The van der Waals surface area contributed by atoms with Gasteiger partial charge in [-0.05, 0) is 29.8 Å². The molecule has 0 unspecified atom stereocenters. The summed E-state index contributed by atoms with van der Waals surface area (Å²) in [7, 11) is 1.58. The third-order valence-electron chi connectivity index (χ3n) is 3.52. The average Bonchev–Trinajstić information content (AvgIpc) is 2.63. The van der Waals surface area contributed by atoms with Gasteiger partial charge < -0.3 is 14.8 Å². The molecule has 24 heavy (non-hydrogen) atoms. The van der Waals surface area contributed by atoms with E-state index in [-0.39, 0.29) is 0 Å². The van der Waals surface area contributed by atoms with Crippen LogP contribution < -0.4 is 15.5 Å². The number of morpholine rings is 1. The molecule has 1 aliphatic rings. The molecular weight excluding hydrogens is 312 g/mol. The summed E-state index contributed by atoms with van der Waals surface area (Å²) >= 11 is 0. The largest absolute Gasteiger partial charge is 0.497 e. The Morgan fingerprint density at radius 3 is 2.62 bits per heavy atom. The third kappa shape index (κ3) is 5.98. The molecule has 0 radical (unpaired) electrons. The van der Waals surface area contributed by atoms with Crippen molar-refractivity contribution < 1.29 is 19.1 Å². The fourth-order valence-corrected chi connectivity index (χ4v) is 2.14. The predicted octanol–water partition coefficient (Wildman–Crippen LogP) is -0.406. The van der Waals surface area contributed by atoms with Crippen LogP contribution in [0.25, 0.3) is 0 Å². The normalized spacial score (nSPS) is 15.2. The van der Waals surface area contributed by atoms with Gasteiger partial charge in [0.05, 0.1) is 26.5 Å². The van der Waals surface area contributed by atoms with Crippen LogP contribution in [0.2, 0.25) is 0 Å². The van der Waals surface area contributed by atoms with Gasteiger partial charge in [-0.15, -0.1) is 0 Å². The number of rotatable bonds is 6. The Morgan fingerprint density at radius 2 is 1.96 bits per heavy atom. The quantitative estimate of drug-likeness (QED) is 0.419. The summed E-state index contributed by atoms with van der Waals surface area (Å²) in [6, 6.07) is 7.14. The Kier molecular flexibility index (Phi) is 7.19. The van der Waals surface area contributed by atoms with Crippen molar-refractivity contribution in [3.8, 4) is 5.75 Å². The minimum atomic E-state index is -0.790. The van der Waals surface area contributed by atoms with Crippen LogP contribution in [0.5, 0.6) is 5.75 Å². The Balaban J connectivity index is 1.66. The number of benzene rings is 1. The molecular formula is C16H22N4O4. The van der Waals surface area contributed by atoms with Crippen LogP contribution >= 0.6 is 0 Å². The van der Waals surface area contributed by atoms with Gasteiger partial charge in [-0.2, -0.15) is 5.10 Å². The van der Waals surface area contributed by atoms with Crippen LogP contribution in [-0.4, -0.2) is 69.4 Å². The molecule has 2 amide bonds. The van der Waals surface area contributed by atoms with Gasteiger partial charge >= 0.3 is 11.8 Å². The number of amides is 2. The van der Waals surface area contributed by atoms with Crippen molar-refractivity contribution in [3.05, 3.63) is 29.8 Å². The first kappa shape index (κ1) is 17.9. The molecule has 2 rings (SSSR count). The summed E-state index contributed by atoms with van der Waals surface area (Å²) in [5.41, 5.74) is 2.98. The highest BCUT2D eigenvalue weighted by Gasteiger charge is 2.14. The van der Waals surface area contributed by atoms with Gasteiger partial charge in [0.25, 0.3) is 0 Å². The molecule has 1 saturated heterocycles. The van der Waals surface area contributed by atoms with E-state index in [0.29, 0.717) is 26.3 Å². The van der Waals surface area contributed by atoms with Gasteiger partial charge in [0, 0.05) is 26.2 Å². The molecule has 1 aromatic carbocycles. The van der Waals surface area contributed by atoms with Crippen molar-refractivity contribution in [3.63, 3.8) is 0 Å². The van der Waals surface area contributed by atoms with E-state index < -0.39 is 11.8 Å². The second-order valence-corrected chi connectivity index (χ2v) is 5.18. The zero-order valence-corrected chi connectivity index (χ0v) is 13.7. The Hall–Kier alpha value is -2.45. The molecule has 2 N–H and O–H groups in total. The van der Waals surface area contributed by atoms with E-state index in [0.717, 1.165) is 24.4 Å². The standard InChI is InChI=1S/C16H22N4O4/c1-23-14-4-2-13(3-5-14)12-18-19-16(22)15(21)17-6-7-20-8-10-24-11-9-20/h2-5,12H,6-11H2,1H3,(H,17,21)(H,19,22)/b18-12-. The lowest BCUT2D eigenvalue weighted by Crippen LogP contribution is -2.44. The number of hydrazone groups is 1. The first-order valence-corrected chi connectivity index (χ1v) is 7.74. The van der Waals surface area contributed by atoms with Gasteiger partial charge in [-0.1, -0.05) is 0 Å². The Bertz CT molecular complexity index is 568. The summed E-state index contributed by atoms with van der Waals surface area (Å²) in [6.07, 6.45) is 1.46. The van der Waals surface area contributed by atoms with E-state index >= 15 is 0 Å². The molecule has 8 nitrogen and oxygen atoms in total. The minimum Gasteiger partial charge on any atom is -0.497 e. The van der Waals surface area contributed by atoms with E-state index in [1.54, 1.807) is 31.4 Å². The molecule has 1 aliphatic heterocycles. The lowest BCUT2D eigenvalue weighted by Gasteiger charge is -2.26. The van der Waals surface area contributed by atoms with Crippen LogP contribution in [0.3, 0.4) is 0 Å². The Morgan fingerprint density at radius 1 is 1.25 bits per heavy atom. The summed E-state index contributed by atoms with van der Waals surface area (Å²) in [6.45, 7) is 4.19. The number of nitrogens with zero attached hydrogens (tertiary/aromatic N) is 2. The smallest absolute Gasteiger partial charge is 0.329 e. The van der Waals surface area contributed by atoms with E-state index in [4.69, 9.17) is 9.47 Å². The highest BCUT2D eigenvalue weighted by Crippen LogP contribution is 2.09. The van der Waals surface area contributed by atoms with Gasteiger partial charge in [0.2, 0.25) is 0 Å². The lowest BCUT2D eigenvalue weighted by molar-refractivity contribution is -0.139. The zero-order chi connectivity index (χ0) is 17.2. The van der Waals surface area contributed by atoms with E-state index in [1.807, 2.05) is 0 Å². The van der Waals surface area contributed by atoms with Gasteiger partial charge in [-0.3, -0.25) is 14.5 Å². The summed E-state index contributed by atoms with van der Waals surface area (Å²) in [5, 5.41) is 6.33. The molecule has 0 aromatic heterocycles. The first-order valence-electron chi connectivity index (χ1n) is 7.74. The number of hydrogen-bond donors (Lipinski definition) is 2. The summed E-state index contributed by atoms with van der Waals surface area (Å²) < 4.78 is 10.3. The fourth-order valence-electron chi connectivity index (χ4n) is 2.14. The van der Waals surface area contributed by atoms with E-state index in [9.17, 15) is 9.59 Å². The maximum absolute atomic E-state index is 11.7. The molecule has 0 saturated carbocycles. The van der Waals surface area contributed by atoms with Crippen LogP contribution in [0.15, 0.2) is 29.4 Å². The third-order valence-corrected chi connectivity index (χ3v) is 3.52. The number of nitrogens with one attached hydrogen (secondary N) is 2. The molecule has 8 heteroatoms. The number of carbonyl (C=O) groups excluding carboxylic acids is 2. The maximum Gasteiger partial charge on any atom is 0.329 e. The SMILES string of the molecule is COc1ccc(/C=N\NC(=O)C(=O)NCCN2CCOCC2)cc1. The summed E-state index contributed by atoms with van der Waals surface area (Å²) in [5.74, 6) is -0.757. The van der Waals surface area contributed by atoms with Crippen LogP contribution in [0, 0.1) is 0 Å². The van der Waals surface area contributed by atoms with Crippen molar-refractivity contribution in [2.24, 2.45) is 5.10 Å². The zero-order valence-electron chi connectivity index (χ0n) is 13.7. The van der Waals surface area contributed by atoms with Crippen LogP contribution in [-0.2, 0) is 14.3 Å². The number of carbonyl (C=O) groups is 2. The highest BCUT2D eigenvalue weighted by atomic mass is 16.5. The van der Waals surface area contributed by atoms with Gasteiger partial charge in [0.1, 0.15) is 5.75 Å². The topological polar surface area (TPSA) is 92.3 Å². The van der Waals surface area contributed by atoms with Crippen molar-refractivity contribution >= 4 is 18.0 Å². The van der Waals surface area contributed by atoms with Crippen LogP contribution in [0.1, 0.15) is 5.56 Å². The second-order valence-electron chi connectivity index (χ2n) is 5.18. The molecule has 0 atom stereocenters. The number of hydrogen-bond acceptors (Lipinski definition) is 6. The fraction of sp³-hybridized carbons (Fsp3) is 0.438. The lowest BCUT2D eigenvalue weighted by atomic mass is 10.2. The molecule has 1 fully saturated rings. The number of methoxy groups -OCH3 is 1. The molecule has 0 spiro atoms. The maximum atomic E-state index is 11.7. The predicted molar refractivity (Wildman–Crippen MR) is 89.0 cm³/mol. The highest BCUT2D eigenvalue weighted by molar-refractivity contribution is 6.35. The monoisotopic (exact) mass is 334 g/mol. The first-order chi connectivity index (χ1) is 11.7. The van der Waals surface area contributed by atoms with Crippen molar-refractivity contribution in [2.75, 3.05) is 46.5 Å². The average molecular weight is 334 g/mol. The van der Waals surface area contributed by atoms with E-state index in [2.05, 4.69) is 20.7 Å². The van der Waals surface area contributed by atoms with E-state index in [1.165, 1.54) is 6.21 Å². The summed E-state index contributed by atoms with van der Waals surface area (Å²) in [4.78, 5) is 25.4. The van der Waals surface area contributed by atoms with Gasteiger partial charge in [0.15, 0.2) is 0 Å². The van der Waals surface area contributed by atoms with Crippen LogP contribution in [0.4, 0.5) is 0 Å².